The van der Waals surface area contributed by atoms with Gasteiger partial charge in [-0.3, -0.25) is 101 Å². The predicted octanol–water partition coefficient (Wildman–Crippen LogP) is -3.33. The number of likely N-dealkylation sites (N-methyl/N-ethyl adjacent to an activating group) is 10. The number of nitrogens with one attached hydrogen (secondary N) is 6. The summed E-state index contributed by atoms with van der Waals surface area (Å²) in [5.41, 5.74) is 2.09. The number of aryl methyl sites for hydroxylation is 2. The van der Waals surface area contributed by atoms with Crippen molar-refractivity contribution >= 4 is 147 Å². The Hall–Kier alpha value is -13.5. The Bertz CT molecular complexity index is 4640. The van der Waals surface area contributed by atoms with Crippen molar-refractivity contribution in [3.63, 3.8) is 0 Å². The zero-order chi connectivity index (χ0) is 91.0. The van der Waals surface area contributed by atoms with Gasteiger partial charge in [0.1, 0.15) is 24.7 Å². The summed E-state index contributed by atoms with van der Waals surface area (Å²) in [5, 5.41) is 24.2. The summed E-state index contributed by atoms with van der Waals surface area (Å²) < 4.78 is 22.3. The number of carboxylic acid groups (broad SMARTS) is 1. The molecule has 3 aliphatic heterocycles. The molecule has 3 aromatic rings. The summed E-state index contributed by atoms with van der Waals surface area (Å²) >= 11 is 6.32. The number of benzene rings is 3. The molecule has 0 bridgehead atoms. The number of fused-ring (bicyclic) bond motifs is 1. The van der Waals surface area contributed by atoms with Gasteiger partial charge in [-0.25, -0.2) is 14.1 Å². The molecule has 0 saturated carbocycles. The van der Waals surface area contributed by atoms with Gasteiger partial charge in [0.15, 0.2) is 11.6 Å². The van der Waals surface area contributed by atoms with Crippen LogP contribution < -0.4 is 41.5 Å². The number of hydrogen-bond acceptors (Lipinski definition) is 22. The van der Waals surface area contributed by atoms with Gasteiger partial charge in [-0.05, 0) is 86.6 Å². The fourth-order valence-electron chi connectivity index (χ4n) is 12.0. The van der Waals surface area contributed by atoms with E-state index in [9.17, 15) is 101 Å². The highest BCUT2D eigenvalue weighted by molar-refractivity contribution is 6.31. The van der Waals surface area contributed by atoms with Crippen molar-refractivity contribution in [2.75, 3.05) is 166 Å². The minimum Gasteiger partial charge on any atom is -0.490 e. The van der Waals surface area contributed by atoms with Crippen LogP contribution in [0.1, 0.15) is 78.6 Å². The lowest BCUT2D eigenvalue weighted by molar-refractivity contribution is -0.147. The smallest absolute Gasteiger partial charge is 0.323 e. The molecule has 1 saturated heterocycles. The van der Waals surface area contributed by atoms with E-state index in [2.05, 4.69) is 31.9 Å². The van der Waals surface area contributed by atoms with Crippen molar-refractivity contribution in [3.8, 4) is 5.75 Å². The molecule has 0 spiro atoms. The number of halogens is 2. The molecule has 0 aromatic heterocycles. The Labute approximate surface area is 706 Å². The lowest BCUT2D eigenvalue weighted by atomic mass is 10.0. The number of carboxylic acids is 1. The van der Waals surface area contributed by atoms with Crippen LogP contribution in [0, 0.1) is 12.7 Å². The van der Waals surface area contributed by atoms with Crippen LogP contribution in [0.3, 0.4) is 0 Å². The normalized spacial score (nSPS) is 13.7. The first-order chi connectivity index (χ1) is 57.2. The highest BCUT2D eigenvalue weighted by Crippen LogP contribution is 2.35. The summed E-state index contributed by atoms with van der Waals surface area (Å²) in [7, 11) is 12.8. The molecule has 660 valence electrons. The number of carbonyl (C=O) groups excluding carboxylic acids is 20. The maximum Gasteiger partial charge on any atom is 0.323 e. The van der Waals surface area contributed by atoms with Gasteiger partial charge in [-0.1, -0.05) is 35.9 Å². The van der Waals surface area contributed by atoms with E-state index >= 15 is 4.39 Å². The maximum atomic E-state index is 16.5. The van der Waals surface area contributed by atoms with E-state index in [1.807, 2.05) is 0 Å². The molecule has 21 amide bonds. The van der Waals surface area contributed by atoms with Gasteiger partial charge in [0, 0.05) is 131 Å². The summed E-state index contributed by atoms with van der Waals surface area (Å²) in [5.74, 6) is -16.0. The Morgan fingerprint density at radius 3 is 1.50 bits per heavy atom. The van der Waals surface area contributed by atoms with Gasteiger partial charge in [-0.2, -0.15) is 0 Å². The van der Waals surface area contributed by atoms with Crippen LogP contribution in [0.2, 0.25) is 5.02 Å². The quantitative estimate of drug-likeness (QED) is 0.0166. The first kappa shape index (κ1) is 97.3. The zero-order valence-electron chi connectivity index (χ0n) is 69.9. The van der Waals surface area contributed by atoms with Crippen LogP contribution in [0.15, 0.2) is 60.7 Å². The van der Waals surface area contributed by atoms with E-state index in [1.165, 1.54) is 106 Å². The number of amides is 21. The number of hydrogen-bond donors (Lipinski definition) is 7. The average Bonchev–Trinajstić information content (AvgIpc) is 1.61. The van der Waals surface area contributed by atoms with Crippen molar-refractivity contribution in [3.05, 3.63) is 99.3 Å². The summed E-state index contributed by atoms with van der Waals surface area (Å²) in [6, 6.07) is 8.05. The molecule has 0 aliphatic carbocycles. The van der Waals surface area contributed by atoms with E-state index in [4.69, 9.17) is 21.4 Å². The minimum atomic E-state index is -1.27. The molecule has 3 heterocycles. The molecular formula is C78H101ClFN19O23. The maximum absolute atomic E-state index is 16.5. The number of anilines is 2. The second kappa shape index (κ2) is 44.5. The summed E-state index contributed by atoms with van der Waals surface area (Å²) in [6.07, 6.45) is 1.04. The predicted molar refractivity (Wildman–Crippen MR) is 430 cm³/mol. The Balaban J connectivity index is 0.911. The molecule has 42 nitrogen and oxygen atoms in total. The monoisotopic (exact) mass is 1730 g/mol. The van der Waals surface area contributed by atoms with Crippen LogP contribution in [-0.2, 0) is 111 Å². The van der Waals surface area contributed by atoms with Gasteiger partial charge in [-0.15, -0.1) is 0 Å². The molecule has 122 heavy (non-hydrogen) atoms. The number of piperidine rings is 1. The van der Waals surface area contributed by atoms with E-state index in [-0.39, 0.29) is 57.4 Å². The van der Waals surface area contributed by atoms with Gasteiger partial charge in [0.25, 0.3) is 17.7 Å². The lowest BCUT2D eigenvalue weighted by Gasteiger charge is -2.29. The van der Waals surface area contributed by atoms with E-state index in [0.717, 1.165) is 72.8 Å². The number of nitrogens with zero attached hydrogens (tertiary/aromatic N) is 13. The molecule has 44 heteroatoms. The highest BCUT2D eigenvalue weighted by atomic mass is 35.5. The van der Waals surface area contributed by atoms with E-state index in [0.29, 0.717) is 32.3 Å². The number of urea groups is 1. The first-order valence-electron chi connectivity index (χ1n) is 38.1. The van der Waals surface area contributed by atoms with Gasteiger partial charge >= 0.3 is 12.0 Å². The lowest BCUT2D eigenvalue weighted by Crippen LogP contribution is -2.53. The number of carbonyl (C=O) groups is 21. The fraction of sp³-hybridized carbons (Fsp3) is 0.474. The molecule has 3 aromatic carbocycles. The van der Waals surface area contributed by atoms with Crippen molar-refractivity contribution in [1.29, 1.82) is 0 Å². The largest absolute Gasteiger partial charge is 0.490 e. The van der Waals surface area contributed by atoms with Crippen molar-refractivity contribution < 1.29 is 115 Å². The van der Waals surface area contributed by atoms with Crippen molar-refractivity contribution in [2.45, 2.75) is 90.5 Å². The Morgan fingerprint density at radius 2 is 1.03 bits per heavy atom. The van der Waals surface area contributed by atoms with Crippen LogP contribution >= 0.6 is 11.6 Å². The molecule has 1 unspecified atom stereocenters. The van der Waals surface area contributed by atoms with Gasteiger partial charge in [0.05, 0.1) is 84.4 Å². The Morgan fingerprint density at radius 1 is 0.566 bits per heavy atom. The second-order valence-corrected chi connectivity index (χ2v) is 30.0. The SMILES string of the molecule is Cc1ccc(NC(=O)N(CNC(=O)CNC(=O)[C@H](C)NC(=O)[C@H](C)NC(=O)CCc2ccc(N3C(=O)C=CC3=O)c(F)c2OCCCC(=O)N(C)CC(=O)N(C)CC(=O)N(C)CC(=O)N(C)CC(=O)N(C)CC(=O)N(C)CC(=O)N(C)CC(=O)N(C)CC(=O)N(C)CC(=O)N(C)CC(=O)O)Cc2ccc3c(c2)CN(C2CCC(=O)NC2=O)C3=O)cc1Cl. The number of rotatable bonds is 41. The molecule has 7 N–H and O–H groups in total. The third-order valence-corrected chi connectivity index (χ3v) is 20.1. The zero-order valence-corrected chi connectivity index (χ0v) is 70.6. The first-order valence-corrected chi connectivity index (χ1v) is 38.5. The highest BCUT2D eigenvalue weighted by Gasteiger charge is 2.40. The molecule has 0 radical (unpaired) electrons. The molecule has 6 rings (SSSR count). The molecule has 3 atom stereocenters. The van der Waals surface area contributed by atoms with Crippen LogP contribution in [-0.4, -0.2) is 362 Å². The second-order valence-electron chi connectivity index (χ2n) is 29.6. The minimum absolute atomic E-state index is 0.0602. The molecular weight excluding hydrogens is 1630 g/mol. The van der Waals surface area contributed by atoms with E-state index in [1.54, 1.807) is 37.3 Å². The summed E-state index contributed by atoms with van der Waals surface area (Å²) in [6.45, 7) is -2.34. The third-order valence-electron chi connectivity index (χ3n) is 19.7. The van der Waals surface area contributed by atoms with Crippen molar-refractivity contribution in [2.24, 2.45) is 0 Å². The van der Waals surface area contributed by atoms with E-state index < -0.39 is 245 Å². The molecule has 3 aliphatic rings. The number of ether oxygens (including phenoxy) is 1. The number of aliphatic carboxylic acids is 1. The van der Waals surface area contributed by atoms with Crippen LogP contribution in [0.25, 0.3) is 0 Å². The number of imide groups is 2. The van der Waals surface area contributed by atoms with Crippen molar-refractivity contribution in [1.82, 2.24) is 85.4 Å². The Kier molecular flexibility index (Phi) is 35.5. The molecule has 1 fully saturated rings. The van der Waals surface area contributed by atoms with Gasteiger partial charge < -0.3 is 95.2 Å². The van der Waals surface area contributed by atoms with Crippen LogP contribution in [0.4, 0.5) is 20.6 Å². The van der Waals surface area contributed by atoms with Gasteiger partial charge in [0.2, 0.25) is 94.5 Å². The average molecular weight is 1730 g/mol. The topological polar surface area (TPSA) is 502 Å². The fourth-order valence-corrected chi connectivity index (χ4v) is 12.1. The standard InChI is InChI=1S/C78H101ClFN19O23/c1-45-16-20-51(30-53(45)79)85-78(121)97(32-48-17-21-52-50(29-48)33-98(77(52)120)55-23-25-57(101)86-76(55)119)44-82-58(102)31-81-74(117)46(2)84-75(118)47(3)83-56(100)24-19-49-18-22-54(99-60(104)26-27-61(99)105)72(80)73(49)122-28-14-15-59(103)87(4)34-62(106)88(5)35-63(107)89(6)36-64(108)90(7)37-65(109)91(8)38-66(110)92(9)39-67(111)93(10)40-68(112)94(11)41-69(113)95(12)42-70(114)96(13)43-71(115)116/h16-18,20-22,26-27,29-30,46-47,55H,14-15,19,23-25,28,31-44H2,1-13H3,(H,81,117)(H,82,102)(H,83,100)(H,84,118)(H,85,121)(H,115,116)(H,86,101,119)/t46-,47-,55?/m0/s1. The summed E-state index contributed by atoms with van der Waals surface area (Å²) in [4.78, 5) is 284. The third kappa shape index (κ3) is 28.1. The van der Waals surface area contributed by atoms with Crippen LogP contribution in [0.5, 0.6) is 5.75 Å².